The maximum absolute atomic E-state index is 12.5. The molecule has 106 valence electrons. The van der Waals surface area contributed by atoms with Gasteiger partial charge in [-0.25, -0.2) is 0 Å². The summed E-state index contributed by atoms with van der Waals surface area (Å²) in [7, 11) is 0. The first-order valence-electron chi connectivity index (χ1n) is 7.14. The fraction of sp³-hybridized carbons (Fsp3) is 0.167. The van der Waals surface area contributed by atoms with Crippen LogP contribution in [0.5, 0.6) is 0 Å². The largest absolute Gasteiger partial charge is 0.399 e. The predicted molar refractivity (Wildman–Crippen MR) is 87.5 cm³/mol. The highest BCUT2D eigenvalue weighted by atomic mass is 16.1. The Hall–Kier alpha value is -2.55. The molecule has 1 aromatic heterocycles. The van der Waals surface area contributed by atoms with Gasteiger partial charge in [0.1, 0.15) is 0 Å². The first-order chi connectivity index (χ1) is 10.2. The molecule has 3 aromatic rings. The third-order valence-electron chi connectivity index (χ3n) is 3.78. The summed E-state index contributed by atoms with van der Waals surface area (Å²) in [6.07, 6.45) is 2.84. The molecule has 0 saturated heterocycles. The third kappa shape index (κ3) is 2.68. The Morgan fingerprint density at radius 2 is 1.71 bits per heavy atom. The Labute approximate surface area is 123 Å². The van der Waals surface area contributed by atoms with E-state index in [-0.39, 0.29) is 5.56 Å². The number of nitrogen functional groups attached to an aromatic ring is 1. The molecule has 0 bridgehead atoms. The van der Waals surface area contributed by atoms with Crippen LogP contribution in [-0.2, 0) is 13.0 Å². The average Bonchev–Trinajstić information content (AvgIpc) is 2.52. The summed E-state index contributed by atoms with van der Waals surface area (Å²) < 4.78 is 1.74. The third-order valence-corrected chi connectivity index (χ3v) is 3.78. The van der Waals surface area contributed by atoms with Crippen LogP contribution in [0.4, 0.5) is 5.69 Å². The van der Waals surface area contributed by atoms with Gasteiger partial charge in [0.2, 0.25) is 0 Å². The van der Waals surface area contributed by atoms with Crippen molar-refractivity contribution in [1.29, 1.82) is 0 Å². The van der Waals surface area contributed by atoms with Crippen molar-refractivity contribution < 1.29 is 0 Å². The molecular formula is C18H18N2O. The number of hydrogen-bond donors (Lipinski definition) is 1. The van der Waals surface area contributed by atoms with Crippen LogP contribution in [0, 0.1) is 0 Å². The van der Waals surface area contributed by atoms with Gasteiger partial charge >= 0.3 is 0 Å². The summed E-state index contributed by atoms with van der Waals surface area (Å²) in [6.45, 7) is 2.67. The van der Waals surface area contributed by atoms with Crippen molar-refractivity contribution in [3.63, 3.8) is 0 Å². The van der Waals surface area contributed by atoms with Crippen LogP contribution >= 0.6 is 0 Å². The van der Waals surface area contributed by atoms with Crippen molar-refractivity contribution in [2.24, 2.45) is 0 Å². The van der Waals surface area contributed by atoms with Gasteiger partial charge in [0, 0.05) is 17.3 Å². The number of anilines is 1. The second-order valence-electron chi connectivity index (χ2n) is 5.27. The van der Waals surface area contributed by atoms with E-state index in [0.717, 1.165) is 28.4 Å². The smallest absolute Gasteiger partial charge is 0.258 e. The van der Waals surface area contributed by atoms with Gasteiger partial charge in [0.05, 0.1) is 6.54 Å². The molecule has 1 heterocycles. The Morgan fingerprint density at radius 1 is 1.00 bits per heavy atom. The highest BCUT2D eigenvalue weighted by Gasteiger charge is 2.04. The molecule has 3 rings (SSSR count). The lowest BCUT2D eigenvalue weighted by Crippen LogP contribution is -2.20. The predicted octanol–water partition coefficient (Wildman–Crippen LogP) is 3.19. The number of pyridine rings is 1. The van der Waals surface area contributed by atoms with E-state index in [1.165, 1.54) is 5.56 Å². The standard InChI is InChI=1S/C18H18N2O/c1-2-13-5-8-17-15(11-13)9-10-20(18(17)21)12-14-3-6-16(19)7-4-14/h3-11H,2,12,19H2,1H3. The van der Waals surface area contributed by atoms with Gasteiger partial charge in [-0.15, -0.1) is 0 Å². The van der Waals surface area contributed by atoms with E-state index in [1.807, 2.05) is 48.7 Å². The summed E-state index contributed by atoms with van der Waals surface area (Å²) >= 11 is 0. The SMILES string of the molecule is CCc1ccc2c(=O)n(Cc3ccc(N)cc3)ccc2c1. The maximum Gasteiger partial charge on any atom is 0.258 e. The fourth-order valence-electron chi connectivity index (χ4n) is 2.50. The second-order valence-corrected chi connectivity index (χ2v) is 5.27. The molecule has 0 fully saturated rings. The second kappa shape index (κ2) is 5.44. The number of nitrogens with zero attached hydrogens (tertiary/aromatic N) is 1. The highest BCUT2D eigenvalue weighted by Crippen LogP contribution is 2.14. The molecule has 0 aliphatic carbocycles. The van der Waals surface area contributed by atoms with E-state index in [2.05, 4.69) is 13.0 Å². The van der Waals surface area contributed by atoms with Gasteiger partial charge in [-0.2, -0.15) is 0 Å². The normalized spacial score (nSPS) is 10.9. The molecule has 0 saturated carbocycles. The van der Waals surface area contributed by atoms with Crippen LogP contribution in [0.2, 0.25) is 0 Å². The van der Waals surface area contributed by atoms with Crippen LogP contribution in [-0.4, -0.2) is 4.57 Å². The first kappa shape index (κ1) is 13.4. The van der Waals surface area contributed by atoms with Gasteiger partial charge < -0.3 is 10.3 Å². The van der Waals surface area contributed by atoms with Crippen LogP contribution < -0.4 is 11.3 Å². The molecule has 0 radical (unpaired) electrons. The van der Waals surface area contributed by atoms with E-state index < -0.39 is 0 Å². The molecule has 0 atom stereocenters. The zero-order chi connectivity index (χ0) is 14.8. The molecular weight excluding hydrogens is 260 g/mol. The number of aromatic nitrogens is 1. The number of hydrogen-bond acceptors (Lipinski definition) is 2. The molecule has 3 nitrogen and oxygen atoms in total. The first-order valence-corrected chi connectivity index (χ1v) is 7.14. The van der Waals surface area contributed by atoms with Gasteiger partial charge in [0.15, 0.2) is 0 Å². The minimum absolute atomic E-state index is 0.0481. The van der Waals surface area contributed by atoms with Crippen LogP contribution in [0.25, 0.3) is 10.8 Å². The van der Waals surface area contributed by atoms with Crippen LogP contribution in [0.3, 0.4) is 0 Å². The number of rotatable bonds is 3. The van der Waals surface area contributed by atoms with E-state index in [4.69, 9.17) is 5.73 Å². The molecule has 0 amide bonds. The van der Waals surface area contributed by atoms with Crippen molar-refractivity contribution >= 4 is 16.5 Å². The van der Waals surface area contributed by atoms with Gasteiger partial charge in [-0.1, -0.05) is 31.2 Å². The van der Waals surface area contributed by atoms with Gasteiger partial charge in [-0.3, -0.25) is 4.79 Å². The van der Waals surface area contributed by atoms with Crippen molar-refractivity contribution in [1.82, 2.24) is 4.57 Å². The Balaban J connectivity index is 2.02. The lowest BCUT2D eigenvalue weighted by Gasteiger charge is -2.08. The highest BCUT2D eigenvalue weighted by molar-refractivity contribution is 5.82. The molecule has 0 aliphatic rings. The van der Waals surface area contributed by atoms with Crippen molar-refractivity contribution in [3.05, 3.63) is 76.2 Å². The Kier molecular flexibility index (Phi) is 3.48. The van der Waals surface area contributed by atoms with E-state index >= 15 is 0 Å². The average molecular weight is 278 g/mol. The monoisotopic (exact) mass is 278 g/mol. The zero-order valence-corrected chi connectivity index (χ0v) is 12.0. The van der Waals surface area contributed by atoms with Crippen molar-refractivity contribution in [2.75, 3.05) is 5.73 Å². The Morgan fingerprint density at radius 3 is 2.43 bits per heavy atom. The van der Waals surface area contributed by atoms with Gasteiger partial charge in [-0.05, 0) is 47.2 Å². The van der Waals surface area contributed by atoms with E-state index in [9.17, 15) is 4.79 Å². The molecule has 21 heavy (non-hydrogen) atoms. The summed E-state index contributed by atoms with van der Waals surface area (Å²) in [6, 6.07) is 15.7. The maximum atomic E-state index is 12.5. The number of benzene rings is 2. The minimum Gasteiger partial charge on any atom is -0.399 e. The summed E-state index contributed by atoms with van der Waals surface area (Å²) in [5.41, 5.74) is 8.78. The summed E-state index contributed by atoms with van der Waals surface area (Å²) in [5, 5.41) is 1.78. The van der Waals surface area contributed by atoms with Gasteiger partial charge in [0.25, 0.3) is 5.56 Å². The summed E-state index contributed by atoms with van der Waals surface area (Å²) in [4.78, 5) is 12.5. The quantitative estimate of drug-likeness (QED) is 0.748. The Bertz CT molecular complexity index is 832. The van der Waals surface area contributed by atoms with Crippen LogP contribution in [0.15, 0.2) is 59.5 Å². The lowest BCUT2D eigenvalue weighted by molar-refractivity contribution is 0.768. The molecule has 0 unspecified atom stereocenters. The van der Waals surface area contributed by atoms with Crippen molar-refractivity contribution in [3.8, 4) is 0 Å². The van der Waals surface area contributed by atoms with Crippen molar-refractivity contribution in [2.45, 2.75) is 19.9 Å². The topological polar surface area (TPSA) is 48.0 Å². The lowest BCUT2D eigenvalue weighted by atomic mass is 10.1. The fourth-order valence-corrected chi connectivity index (χ4v) is 2.50. The number of aryl methyl sites for hydroxylation is 1. The van der Waals surface area contributed by atoms with E-state index in [0.29, 0.717) is 6.54 Å². The molecule has 2 aromatic carbocycles. The minimum atomic E-state index is 0.0481. The molecule has 0 spiro atoms. The molecule has 0 aliphatic heterocycles. The van der Waals surface area contributed by atoms with E-state index in [1.54, 1.807) is 4.57 Å². The van der Waals surface area contributed by atoms with Crippen LogP contribution in [0.1, 0.15) is 18.1 Å². The summed E-state index contributed by atoms with van der Waals surface area (Å²) in [5.74, 6) is 0. The number of fused-ring (bicyclic) bond motifs is 1. The molecule has 2 N–H and O–H groups in total. The number of nitrogens with two attached hydrogens (primary N) is 1. The zero-order valence-electron chi connectivity index (χ0n) is 12.0. The molecule has 3 heteroatoms.